The molecule has 1 unspecified atom stereocenters. The Kier molecular flexibility index (Phi) is 3.16. The number of methoxy groups -OCH3 is 1. The van der Waals surface area contributed by atoms with Crippen LogP contribution in [0.15, 0.2) is 11.4 Å². The lowest BCUT2D eigenvalue weighted by molar-refractivity contribution is -0.117. The van der Waals surface area contributed by atoms with Crippen molar-refractivity contribution in [2.75, 3.05) is 18.6 Å². The largest absolute Gasteiger partial charge is 0.465 e. The third-order valence-electron chi connectivity index (χ3n) is 2.38. The monoisotopic (exact) mass is 259 g/mol. The van der Waals surface area contributed by atoms with Crippen LogP contribution in [0, 0.1) is 0 Å². The van der Waals surface area contributed by atoms with Gasteiger partial charge < -0.3 is 9.64 Å². The molecule has 1 aliphatic heterocycles. The molecule has 1 aliphatic rings. The number of rotatable bonds is 2. The molecule has 1 fully saturated rings. The van der Waals surface area contributed by atoms with Gasteiger partial charge in [-0.15, -0.1) is 22.9 Å². The Morgan fingerprint density at radius 3 is 3.00 bits per heavy atom. The summed E-state index contributed by atoms with van der Waals surface area (Å²) in [4.78, 5) is 25.1. The Morgan fingerprint density at radius 1 is 1.69 bits per heavy atom. The standard InChI is InChI=1S/C10H10ClNO3S/c1-15-10(14)9-7(2-3-16-9)12-5-6(11)4-8(12)13/h2-3,6H,4-5H2,1H3. The van der Waals surface area contributed by atoms with Crippen molar-refractivity contribution in [2.24, 2.45) is 0 Å². The number of hydrogen-bond donors (Lipinski definition) is 0. The molecule has 1 atom stereocenters. The highest BCUT2D eigenvalue weighted by molar-refractivity contribution is 7.12. The summed E-state index contributed by atoms with van der Waals surface area (Å²) in [7, 11) is 1.32. The van der Waals surface area contributed by atoms with Gasteiger partial charge in [0.25, 0.3) is 0 Å². The Balaban J connectivity index is 2.31. The fourth-order valence-corrected chi connectivity index (χ4v) is 2.74. The van der Waals surface area contributed by atoms with E-state index in [9.17, 15) is 9.59 Å². The van der Waals surface area contributed by atoms with E-state index < -0.39 is 5.97 Å². The molecule has 86 valence electrons. The minimum Gasteiger partial charge on any atom is -0.465 e. The zero-order valence-corrected chi connectivity index (χ0v) is 10.2. The molecule has 0 radical (unpaired) electrons. The smallest absolute Gasteiger partial charge is 0.350 e. The summed E-state index contributed by atoms with van der Waals surface area (Å²) in [6.45, 7) is 0.446. The van der Waals surface area contributed by atoms with Crippen molar-refractivity contribution in [1.82, 2.24) is 0 Å². The van der Waals surface area contributed by atoms with E-state index >= 15 is 0 Å². The Bertz CT molecular complexity index is 431. The molecule has 2 rings (SSSR count). The SMILES string of the molecule is COC(=O)c1sccc1N1CC(Cl)CC1=O. The van der Waals surface area contributed by atoms with Crippen LogP contribution in [0.3, 0.4) is 0 Å². The van der Waals surface area contributed by atoms with Crippen molar-refractivity contribution in [3.8, 4) is 0 Å². The molecule has 0 bridgehead atoms. The lowest BCUT2D eigenvalue weighted by atomic mass is 10.3. The maximum absolute atomic E-state index is 11.6. The Labute approximate surface area is 102 Å². The molecule has 1 amide bonds. The van der Waals surface area contributed by atoms with E-state index in [0.29, 0.717) is 23.5 Å². The van der Waals surface area contributed by atoms with Gasteiger partial charge in [0.2, 0.25) is 5.91 Å². The number of amides is 1. The van der Waals surface area contributed by atoms with Crippen LogP contribution in [0.25, 0.3) is 0 Å². The lowest BCUT2D eigenvalue weighted by Gasteiger charge is -2.15. The Morgan fingerprint density at radius 2 is 2.44 bits per heavy atom. The first-order valence-corrected chi connectivity index (χ1v) is 6.05. The molecular formula is C10H10ClNO3S. The van der Waals surface area contributed by atoms with Gasteiger partial charge in [0.15, 0.2) is 0 Å². The highest BCUT2D eigenvalue weighted by Crippen LogP contribution is 2.31. The number of carbonyl (C=O) groups excluding carboxylic acids is 2. The molecule has 0 spiro atoms. The van der Waals surface area contributed by atoms with Crippen LogP contribution in [-0.2, 0) is 9.53 Å². The van der Waals surface area contributed by atoms with Crippen LogP contribution < -0.4 is 4.90 Å². The maximum atomic E-state index is 11.6. The molecule has 1 aromatic heterocycles. The highest BCUT2D eigenvalue weighted by atomic mass is 35.5. The normalized spacial score (nSPS) is 20.2. The van der Waals surface area contributed by atoms with E-state index in [2.05, 4.69) is 4.74 Å². The number of thiophene rings is 1. The maximum Gasteiger partial charge on any atom is 0.350 e. The number of hydrogen-bond acceptors (Lipinski definition) is 4. The van der Waals surface area contributed by atoms with E-state index in [-0.39, 0.29) is 11.3 Å². The van der Waals surface area contributed by atoms with Crippen molar-refractivity contribution >= 4 is 40.5 Å². The lowest BCUT2D eigenvalue weighted by Crippen LogP contribution is -2.25. The quantitative estimate of drug-likeness (QED) is 0.602. The fraction of sp³-hybridized carbons (Fsp3) is 0.400. The van der Waals surface area contributed by atoms with Gasteiger partial charge in [-0.25, -0.2) is 4.79 Å². The number of nitrogens with zero attached hydrogens (tertiary/aromatic N) is 1. The topological polar surface area (TPSA) is 46.6 Å². The van der Waals surface area contributed by atoms with Crippen molar-refractivity contribution in [2.45, 2.75) is 11.8 Å². The molecule has 1 saturated heterocycles. The average Bonchev–Trinajstić information content (AvgIpc) is 2.83. The zero-order chi connectivity index (χ0) is 11.7. The van der Waals surface area contributed by atoms with Crippen molar-refractivity contribution < 1.29 is 14.3 Å². The van der Waals surface area contributed by atoms with Crippen LogP contribution in [0.5, 0.6) is 0 Å². The van der Waals surface area contributed by atoms with E-state index in [1.54, 1.807) is 16.3 Å². The van der Waals surface area contributed by atoms with Gasteiger partial charge in [-0.2, -0.15) is 0 Å². The third-order valence-corrected chi connectivity index (χ3v) is 3.56. The second-order valence-electron chi connectivity index (χ2n) is 3.43. The third kappa shape index (κ3) is 1.92. The molecular weight excluding hydrogens is 250 g/mol. The number of halogens is 1. The van der Waals surface area contributed by atoms with Crippen LogP contribution in [0.4, 0.5) is 5.69 Å². The van der Waals surface area contributed by atoms with Gasteiger partial charge in [-0.1, -0.05) is 0 Å². The Hall–Kier alpha value is -1.07. The van der Waals surface area contributed by atoms with Crippen LogP contribution in [0.2, 0.25) is 0 Å². The zero-order valence-electron chi connectivity index (χ0n) is 8.60. The predicted molar refractivity (Wildman–Crippen MR) is 62.3 cm³/mol. The molecule has 0 aliphatic carbocycles. The number of carbonyl (C=O) groups is 2. The van der Waals surface area contributed by atoms with Gasteiger partial charge in [0, 0.05) is 13.0 Å². The number of anilines is 1. The van der Waals surface area contributed by atoms with Crippen molar-refractivity contribution in [3.63, 3.8) is 0 Å². The molecule has 4 nitrogen and oxygen atoms in total. The van der Waals surface area contributed by atoms with E-state index in [1.165, 1.54) is 18.4 Å². The van der Waals surface area contributed by atoms with E-state index in [1.807, 2.05) is 0 Å². The van der Waals surface area contributed by atoms with Gasteiger partial charge in [-0.3, -0.25) is 4.79 Å². The van der Waals surface area contributed by atoms with Gasteiger partial charge in [-0.05, 0) is 11.4 Å². The predicted octanol–water partition coefficient (Wildman–Crippen LogP) is 1.88. The second-order valence-corrected chi connectivity index (χ2v) is 4.97. The van der Waals surface area contributed by atoms with Crippen LogP contribution >= 0.6 is 22.9 Å². The number of esters is 1. The fourth-order valence-electron chi connectivity index (χ4n) is 1.66. The summed E-state index contributed by atoms with van der Waals surface area (Å²) in [6, 6.07) is 1.74. The van der Waals surface area contributed by atoms with Gasteiger partial charge in [0.05, 0.1) is 18.2 Å². The van der Waals surface area contributed by atoms with Gasteiger partial charge >= 0.3 is 5.97 Å². The summed E-state index contributed by atoms with van der Waals surface area (Å²) in [5, 5.41) is 1.58. The summed E-state index contributed by atoms with van der Waals surface area (Å²) < 4.78 is 4.66. The molecule has 6 heteroatoms. The van der Waals surface area contributed by atoms with Crippen molar-refractivity contribution in [3.05, 3.63) is 16.3 Å². The summed E-state index contributed by atoms with van der Waals surface area (Å²) >= 11 is 7.17. The molecule has 0 aromatic carbocycles. The average molecular weight is 260 g/mol. The number of ether oxygens (including phenoxy) is 1. The summed E-state index contributed by atoms with van der Waals surface area (Å²) in [5.41, 5.74) is 0.602. The molecule has 0 saturated carbocycles. The number of alkyl halides is 1. The first-order chi connectivity index (χ1) is 7.63. The van der Waals surface area contributed by atoms with Crippen molar-refractivity contribution in [1.29, 1.82) is 0 Å². The second kappa shape index (κ2) is 4.43. The first-order valence-electron chi connectivity index (χ1n) is 4.73. The summed E-state index contributed by atoms with van der Waals surface area (Å²) in [5.74, 6) is -0.473. The minimum absolute atomic E-state index is 0.0523. The molecule has 16 heavy (non-hydrogen) atoms. The van der Waals surface area contributed by atoms with E-state index in [4.69, 9.17) is 11.6 Å². The minimum atomic E-state index is -0.421. The molecule has 0 N–H and O–H groups in total. The molecule has 2 heterocycles. The van der Waals surface area contributed by atoms with Crippen LogP contribution in [0.1, 0.15) is 16.1 Å². The van der Waals surface area contributed by atoms with Crippen LogP contribution in [-0.4, -0.2) is 30.9 Å². The van der Waals surface area contributed by atoms with Gasteiger partial charge in [0.1, 0.15) is 4.88 Å². The highest BCUT2D eigenvalue weighted by Gasteiger charge is 2.32. The summed E-state index contributed by atoms with van der Waals surface area (Å²) in [6.07, 6.45) is 0.317. The first kappa shape index (κ1) is 11.4. The molecule has 1 aromatic rings. The van der Waals surface area contributed by atoms with E-state index in [0.717, 1.165) is 0 Å².